The summed E-state index contributed by atoms with van der Waals surface area (Å²) in [6.45, 7) is 1.46. The zero-order valence-corrected chi connectivity index (χ0v) is 19.5. The summed E-state index contributed by atoms with van der Waals surface area (Å²) in [5.74, 6) is 1.23. The fourth-order valence-corrected chi connectivity index (χ4v) is 4.16. The summed E-state index contributed by atoms with van der Waals surface area (Å²) < 4.78 is 30.8. The molecule has 1 aromatic heterocycles. The number of ether oxygens (including phenoxy) is 3. The molecule has 0 unspecified atom stereocenters. The second-order valence-electron chi connectivity index (χ2n) is 8.18. The van der Waals surface area contributed by atoms with Crippen molar-refractivity contribution in [1.82, 2.24) is 9.97 Å². The first kappa shape index (κ1) is 23.1. The zero-order chi connectivity index (χ0) is 24.2. The van der Waals surface area contributed by atoms with E-state index in [2.05, 4.69) is 15.3 Å². The second-order valence-corrected chi connectivity index (χ2v) is 8.59. The van der Waals surface area contributed by atoms with E-state index < -0.39 is 0 Å². The molecule has 0 saturated carbocycles. The minimum atomic E-state index is -0.317. The van der Waals surface area contributed by atoms with Crippen LogP contribution in [0.25, 0.3) is 10.9 Å². The van der Waals surface area contributed by atoms with Gasteiger partial charge in [-0.1, -0.05) is 23.7 Å². The van der Waals surface area contributed by atoms with E-state index in [1.807, 2.05) is 0 Å². The lowest BCUT2D eigenvalue weighted by molar-refractivity contribution is 0.0261. The van der Waals surface area contributed by atoms with Gasteiger partial charge < -0.3 is 24.6 Å². The number of aromatic hydroxyl groups is 1. The summed E-state index contributed by atoms with van der Waals surface area (Å²) in [5.41, 5.74) is 1.93. The first-order chi connectivity index (χ1) is 17.0. The molecule has 5 rings (SSSR count). The Labute approximate surface area is 206 Å². The van der Waals surface area contributed by atoms with Crippen molar-refractivity contribution < 1.29 is 23.7 Å². The van der Waals surface area contributed by atoms with Gasteiger partial charge in [0.15, 0.2) is 0 Å². The molecule has 0 atom stereocenters. The van der Waals surface area contributed by atoms with Crippen LogP contribution in [0, 0.1) is 5.82 Å². The third kappa shape index (κ3) is 5.55. The number of fused-ring (bicyclic) bond motifs is 1. The fraction of sp³-hybridized carbons (Fsp3) is 0.231. The number of aromatic nitrogens is 2. The molecule has 2 heterocycles. The van der Waals surface area contributed by atoms with Crippen molar-refractivity contribution in [3.8, 4) is 17.2 Å². The molecular formula is C26H23ClFN3O4. The molecule has 0 bridgehead atoms. The van der Waals surface area contributed by atoms with Gasteiger partial charge in [-0.25, -0.2) is 14.4 Å². The van der Waals surface area contributed by atoms with Crippen LogP contribution >= 0.6 is 11.6 Å². The molecular weight excluding hydrogens is 473 g/mol. The molecule has 0 amide bonds. The van der Waals surface area contributed by atoms with Crippen molar-refractivity contribution in [3.05, 3.63) is 77.3 Å². The molecule has 9 heteroatoms. The van der Waals surface area contributed by atoms with Gasteiger partial charge >= 0.3 is 0 Å². The molecule has 1 fully saturated rings. The van der Waals surface area contributed by atoms with E-state index >= 15 is 0 Å². The number of rotatable bonds is 7. The van der Waals surface area contributed by atoms with E-state index in [1.54, 1.807) is 42.5 Å². The van der Waals surface area contributed by atoms with Gasteiger partial charge in [0.05, 0.1) is 29.1 Å². The van der Waals surface area contributed by atoms with Crippen LogP contribution in [0.3, 0.4) is 0 Å². The van der Waals surface area contributed by atoms with Crippen molar-refractivity contribution in [2.75, 3.05) is 18.5 Å². The highest BCUT2D eigenvalue weighted by Gasteiger charge is 2.19. The third-order valence-corrected chi connectivity index (χ3v) is 5.92. The topological polar surface area (TPSA) is 85.7 Å². The molecule has 1 saturated heterocycles. The predicted molar refractivity (Wildman–Crippen MR) is 131 cm³/mol. The van der Waals surface area contributed by atoms with Crippen LogP contribution in [0.5, 0.6) is 17.2 Å². The summed E-state index contributed by atoms with van der Waals surface area (Å²) in [6, 6.07) is 14.6. The number of nitrogens with one attached hydrogen (secondary N) is 1. The van der Waals surface area contributed by atoms with Gasteiger partial charge in [0.2, 0.25) is 0 Å². The maximum Gasteiger partial charge on any atom is 0.145 e. The average molecular weight is 496 g/mol. The number of anilines is 2. The van der Waals surface area contributed by atoms with E-state index in [-0.39, 0.29) is 24.3 Å². The molecule has 2 N–H and O–H groups in total. The van der Waals surface area contributed by atoms with E-state index in [4.69, 9.17) is 25.8 Å². The molecule has 1 aliphatic rings. The Kier molecular flexibility index (Phi) is 6.83. The Bertz CT molecular complexity index is 1350. The van der Waals surface area contributed by atoms with Gasteiger partial charge in [-0.2, -0.15) is 0 Å². The molecule has 3 aromatic carbocycles. The number of nitrogens with zero attached hydrogens (tertiary/aromatic N) is 2. The lowest BCUT2D eigenvalue weighted by Gasteiger charge is -2.24. The highest BCUT2D eigenvalue weighted by molar-refractivity contribution is 6.32. The van der Waals surface area contributed by atoms with Gasteiger partial charge in [-0.3, -0.25) is 0 Å². The average Bonchev–Trinajstić information content (AvgIpc) is 2.84. The van der Waals surface area contributed by atoms with Crippen molar-refractivity contribution in [3.63, 3.8) is 0 Å². The van der Waals surface area contributed by atoms with Crippen LogP contribution in [0.15, 0.2) is 60.9 Å². The van der Waals surface area contributed by atoms with Crippen LogP contribution in [0.4, 0.5) is 15.9 Å². The molecule has 7 nitrogen and oxygen atoms in total. The Morgan fingerprint density at radius 3 is 2.71 bits per heavy atom. The maximum atomic E-state index is 13.4. The predicted octanol–water partition coefficient (Wildman–Crippen LogP) is 6.01. The van der Waals surface area contributed by atoms with E-state index in [1.165, 1.54) is 18.5 Å². The van der Waals surface area contributed by atoms with Gasteiger partial charge in [0.1, 0.15) is 47.9 Å². The largest absolute Gasteiger partial charge is 0.508 e. The lowest BCUT2D eigenvalue weighted by Crippen LogP contribution is -2.26. The minimum absolute atomic E-state index is 0.0224. The summed E-state index contributed by atoms with van der Waals surface area (Å²) in [5, 5.41) is 14.5. The van der Waals surface area contributed by atoms with Crippen LogP contribution in [-0.4, -0.2) is 34.4 Å². The van der Waals surface area contributed by atoms with Crippen molar-refractivity contribution >= 4 is 34.0 Å². The van der Waals surface area contributed by atoms with Gasteiger partial charge in [0.25, 0.3) is 0 Å². The quantitative estimate of drug-likeness (QED) is 0.325. The SMILES string of the molecule is Oc1cc(OC2CCOCC2)c2c(Nc3ccc(OCc4cccc(F)c4)c(Cl)c3)ncnc2c1. The Morgan fingerprint density at radius 1 is 1.06 bits per heavy atom. The number of benzene rings is 3. The van der Waals surface area contributed by atoms with Crippen molar-refractivity contribution in [2.24, 2.45) is 0 Å². The number of hydrogen-bond acceptors (Lipinski definition) is 7. The Hall–Kier alpha value is -3.62. The number of hydrogen-bond donors (Lipinski definition) is 2. The van der Waals surface area contributed by atoms with Gasteiger partial charge in [-0.05, 0) is 35.9 Å². The molecule has 35 heavy (non-hydrogen) atoms. The summed E-state index contributed by atoms with van der Waals surface area (Å²) in [7, 11) is 0. The smallest absolute Gasteiger partial charge is 0.145 e. The fourth-order valence-electron chi connectivity index (χ4n) is 3.92. The van der Waals surface area contributed by atoms with Crippen LogP contribution in [0.1, 0.15) is 18.4 Å². The van der Waals surface area contributed by atoms with Gasteiger partial charge in [-0.15, -0.1) is 0 Å². The molecule has 0 aliphatic carbocycles. The molecule has 180 valence electrons. The van der Waals surface area contributed by atoms with Crippen molar-refractivity contribution in [2.45, 2.75) is 25.6 Å². The third-order valence-electron chi connectivity index (χ3n) is 5.63. The number of phenolic OH excluding ortho intramolecular Hbond substituents is 1. The maximum absolute atomic E-state index is 13.4. The van der Waals surface area contributed by atoms with E-state index in [0.29, 0.717) is 57.7 Å². The zero-order valence-electron chi connectivity index (χ0n) is 18.7. The normalized spacial score (nSPS) is 14.1. The van der Waals surface area contributed by atoms with E-state index in [9.17, 15) is 9.50 Å². The first-order valence-corrected chi connectivity index (χ1v) is 11.6. The first-order valence-electron chi connectivity index (χ1n) is 11.2. The molecule has 0 radical (unpaired) electrons. The van der Waals surface area contributed by atoms with Crippen LogP contribution < -0.4 is 14.8 Å². The summed E-state index contributed by atoms with van der Waals surface area (Å²) >= 11 is 6.45. The monoisotopic (exact) mass is 495 g/mol. The second kappa shape index (κ2) is 10.3. The van der Waals surface area contributed by atoms with Gasteiger partial charge in [0, 0.05) is 30.7 Å². The standard InChI is InChI=1S/C26H23ClFN3O4/c27-21-11-18(4-5-23(21)34-14-16-2-1-3-17(28)10-16)31-26-25-22(29-15-30-26)12-19(32)13-24(25)35-20-6-8-33-9-7-20/h1-5,10-13,15,20,32H,6-9,14H2,(H,29,30,31). The summed E-state index contributed by atoms with van der Waals surface area (Å²) in [6.07, 6.45) is 2.92. The molecule has 1 aliphatic heterocycles. The Morgan fingerprint density at radius 2 is 1.91 bits per heavy atom. The van der Waals surface area contributed by atoms with Crippen LogP contribution in [-0.2, 0) is 11.3 Å². The highest BCUT2D eigenvalue weighted by Crippen LogP contribution is 2.37. The highest BCUT2D eigenvalue weighted by atomic mass is 35.5. The lowest BCUT2D eigenvalue weighted by atomic mass is 10.1. The number of halogens is 2. The number of phenols is 1. The van der Waals surface area contributed by atoms with Crippen LogP contribution in [0.2, 0.25) is 5.02 Å². The Balaban J connectivity index is 1.38. The molecule has 4 aromatic rings. The minimum Gasteiger partial charge on any atom is -0.508 e. The summed E-state index contributed by atoms with van der Waals surface area (Å²) in [4.78, 5) is 8.70. The van der Waals surface area contributed by atoms with E-state index in [0.717, 1.165) is 12.8 Å². The van der Waals surface area contributed by atoms with Crippen molar-refractivity contribution in [1.29, 1.82) is 0 Å². The molecule has 0 spiro atoms.